The van der Waals surface area contributed by atoms with Crippen LogP contribution in [0.1, 0.15) is 17.0 Å². The minimum atomic E-state index is 0. The number of tetrazole rings is 1. The number of nitrogens with one attached hydrogen (secondary N) is 1. The van der Waals surface area contributed by atoms with Crippen LogP contribution in [0.15, 0.2) is 63.5 Å². The lowest BCUT2D eigenvalue weighted by molar-refractivity contribution is 0.630. The van der Waals surface area contributed by atoms with Gasteiger partial charge in [-0.1, -0.05) is 41.9 Å². The molecule has 0 atom stereocenters. The third kappa shape index (κ3) is 4.01. The van der Waals surface area contributed by atoms with Gasteiger partial charge in [0.2, 0.25) is 0 Å². The molecule has 7 nitrogen and oxygen atoms in total. The Morgan fingerprint density at radius 3 is 2.60 bits per heavy atom. The summed E-state index contributed by atoms with van der Waals surface area (Å²) in [6.45, 7) is 4.75. The zero-order chi connectivity index (χ0) is 23.4. The maximum Gasteiger partial charge on any atom is 0.180 e. The van der Waals surface area contributed by atoms with Crippen LogP contribution in [-0.2, 0) is 6.54 Å². The van der Waals surface area contributed by atoms with E-state index in [1.54, 1.807) is 0 Å². The molecule has 0 amide bonds. The molecule has 0 radical (unpaired) electrons. The normalized spacial score (nSPS) is 11.3. The van der Waals surface area contributed by atoms with Crippen LogP contribution in [0.3, 0.4) is 0 Å². The molecule has 0 unspecified atom stereocenters. The van der Waals surface area contributed by atoms with Crippen molar-refractivity contribution in [2.75, 3.05) is 0 Å². The lowest BCUT2D eigenvalue weighted by atomic mass is 10.0. The fourth-order valence-corrected chi connectivity index (χ4v) is 5.29. The van der Waals surface area contributed by atoms with E-state index in [1.807, 2.05) is 37.3 Å². The monoisotopic (exact) mass is 568 g/mol. The molecule has 0 spiro atoms. The number of furan rings is 1. The van der Waals surface area contributed by atoms with Crippen LogP contribution in [0.2, 0.25) is 5.15 Å². The van der Waals surface area contributed by atoms with Gasteiger partial charge in [0, 0.05) is 39.8 Å². The zero-order valence-electron chi connectivity index (χ0n) is 18.7. The van der Waals surface area contributed by atoms with E-state index in [1.165, 1.54) is 0 Å². The number of nitrogens with zero attached hydrogens (tertiary/aromatic N) is 5. The molecule has 4 aromatic heterocycles. The molecule has 0 fully saturated rings. The smallest absolute Gasteiger partial charge is 0.180 e. The molecule has 6 rings (SSSR count). The number of pyridine rings is 1. The average Bonchev–Trinajstić information content (AvgIpc) is 3.54. The number of fused-ring (bicyclic) bond motifs is 2. The van der Waals surface area contributed by atoms with Crippen molar-refractivity contribution in [3.05, 3.63) is 81.2 Å². The van der Waals surface area contributed by atoms with Gasteiger partial charge < -0.3 is 8.98 Å². The van der Waals surface area contributed by atoms with E-state index in [9.17, 15) is 0 Å². The number of aryl methyl sites for hydroxylation is 2. The van der Waals surface area contributed by atoms with Gasteiger partial charge in [0.05, 0.1) is 9.99 Å². The predicted molar refractivity (Wildman–Crippen MR) is 143 cm³/mol. The van der Waals surface area contributed by atoms with Crippen LogP contribution in [0.5, 0.6) is 0 Å². The maximum atomic E-state index is 6.40. The first-order valence-electron chi connectivity index (χ1n) is 10.7. The second kappa shape index (κ2) is 9.11. The standard InChI is InChI=1S/C25H18BrClN6O.ClH/c1-13-9-20-18(24(27)28-13)10-14(2)33(20)12-15-7-8-21-19(11-15)22(26)23(34-21)16-5-3-4-6-17(16)25-29-31-32-30-25;/h3-11H,12H2,1-2H3,(H,29,30,31,32);1H. The highest BCUT2D eigenvalue weighted by molar-refractivity contribution is 9.10. The second-order valence-corrected chi connectivity index (χ2v) is 9.38. The largest absolute Gasteiger partial charge is 0.455 e. The van der Waals surface area contributed by atoms with Crippen molar-refractivity contribution in [2.24, 2.45) is 0 Å². The Kier molecular flexibility index (Phi) is 6.13. The molecule has 2 aromatic carbocycles. The second-order valence-electron chi connectivity index (χ2n) is 8.23. The molecule has 6 aromatic rings. The number of halogens is 3. The highest BCUT2D eigenvalue weighted by atomic mass is 79.9. The number of hydrogen-bond donors (Lipinski definition) is 1. The average molecular weight is 570 g/mol. The Morgan fingerprint density at radius 1 is 1.03 bits per heavy atom. The Bertz CT molecular complexity index is 1690. The maximum absolute atomic E-state index is 6.40. The summed E-state index contributed by atoms with van der Waals surface area (Å²) in [6, 6.07) is 18.3. The summed E-state index contributed by atoms with van der Waals surface area (Å²) < 4.78 is 9.43. The molecule has 0 aliphatic rings. The summed E-state index contributed by atoms with van der Waals surface area (Å²) in [4.78, 5) is 4.39. The van der Waals surface area contributed by atoms with Gasteiger partial charge in [-0.15, -0.1) is 17.5 Å². The first-order valence-corrected chi connectivity index (χ1v) is 11.8. The van der Waals surface area contributed by atoms with Gasteiger partial charge in [0.1, 0.15) is 16.5 Å². The van der Waals surface area contributed by atoms with Gasteiger partial charge in [-0.25, -0.2) is 10.1 Å². The summed E-state index contributed by atoms with van der Waals surface area (Å²) >= 11 is 10.2. The lowest BCUT2D eigenvalue weighted by Crippen LogP contribution is -2.01. The molecule has 0 aliphatic heterocycles. The minimum Gasteiger partial charge on any atom is -0.455 e. The highest BCUT2D eigenvalue weighted by Crippen LogP contribution is 2.41. The van der Waals surface area contributed by atoms with Crippen molar-refractivity contribution >= 4 is 61.8 Å². The number of rotatable bonds is 4. The fraction of sp³-hybridized carbons (Fsp3) is 0.120. The molecule has 176 valence electrons. The molecule has 0 saturated heterocycles. The topological polar surface area (TPSA) is 85.4 Å². The van der Waals surface area contributed by atoms with Gasteiger partial charge in [0.25, 0.3) is 0 Å². The molecular weight excluding hydrogens is 551 g/mol. The number of aromatic nitrogens is 6. The van der Waals surface area contributed by atoms with E-state index < -0.39 is 0 Å². The van der Waals surface area contributed by atoms with Crippen molar-refractivity contribution in [3.8, 4) is 22.7 Å². The van der Waals surface area contributed by atoms with Crippen LogP contribution in [0, 0.1) is 13.8 Å². The van der Waals surface area contributed by atoms with Crippen LogP contribution in [0.4, 0.5) is 0 Å². The van der Waals surface area contributed by atoms with Crippen LogP contribution in [-0.4, -0.2) is 30.2 Å². The third-order valence-corrected chi connectivity index (χ3v) is 7.07. The number of aromatic amines is 1. The van der Waals surface area contributed by atoms with E-state index in [4.69, 9.17) is 16.0 Å². The van der Waals surface area contributed by atoms with Gasteiger partial charge in [-0.2, -0.15) is 0 Å². The lowest BCUT2D eigenvalue weighted by Gasteiger charge is -2.09. The summed E-state index contributed by atoms with van der Waals surface area (Å²) in [7, 11) is 0. The van der Waals surface area contributed by atoms with E-state index in [2.05, 4.69) is 77.3 Å². The molecule has 10 heteroatoms. The van der Waals surface area contributed by atoms with Crippen LogP contribution < -0.4 is 0 Å². The van der Waals surface area contributed by atoms with Crippen molar-refractivity contribution in [2.45, 2.75) is 20.4 Å². The van der Waals surface area contributed by atoms with Gasteiger partial charge in [-0.05, 0) is 70.0 Å². The summed E-state index contributed by atoms with van der Waals surface area (Å²) in [5.41, 5.74) is 6.82. The molecule has 1 N–H and O–H groups in total. The molecular formula is C25H19BrCl2N6O. The molecule has 0 bridgehead atoms. The van der Waals surface area contributed by atoms with Gasteiger partial charge >= 0.3 is 0 Å². The Labute approximate surface area is 220 Å². The summed E-state index contributed by atoms with van der Waals surface area (Å²) in [5.74, 6) is 1.32. The SMILES string of the molecule is Cc1cc2c(cc(C)n2Cc2ccc3oc(-c4ccccc4-c4nnn[nH]4)c(Br)c3c2)c(Cl)n1.Cl. The predicted octanol–water partition coefficient (Wildman–Crippen LogP) is 7.13. The number of H-pyrrole nitrogens is 1. The Hall–Kier alpha value is -3.20. The van der Waals surface area contributed by atoms with E-state index >= 15 is 0 Å². The summed E-state index contributed by atoms with van der Waals surface area (Å²) in [5, 5.41) is 16.8. The highest BCUT2D eigenvalue weighted by Gasteiger charge is 2.19. The van der Waals surface area contributed by atoms with Crippen molar-refractivity contribution < 1.29 is 4.42 Å². The first kappa shape index (κ1) is 23.5. The van der Waals surface area contributed by atoms with E-state index in [-0.39, 0.29) is 12.4 Å². The molecule has 4 heterocycles. The van der Waals surface area contributed by atoms with Gasteiger partial charge in [-0.3, -0.25) is 0 Å². The number of hydrogen-bond acceptors (Lipinski definition) is 5. The van der Waals surface area contributed by atoms with E-state index in [0.29, 0.717) is 17.5 Å². The van der Waals surface area contributed by atoms with Crippen LogP contribution in [0.25, 0.3) is 44.6 Å². The van der Waals surface area contributed by atoms with Crippen molar-refractivity contribution in [1.29, 1.82) is 0 Å². The minimum absolute atomic E-state index is 0. The van der Waals surface area contributed by atoms with E-state index in [0.717, 1.165) is 60.2 Å². The Morgan fingerprint density at radius 2 is 1.83 bits per heavy atom. The first-order chi connectivity index (χ1) is 16.5. The molecule has 35 heavy (non-hydrogen) atoms. The third-order valence-electron chi connectivity index (χ3n) is 5.99. The molecule has 0 aliphatic carbocycles. The quantitative estimate of drug-likeness (QED) is 0.228. The Balaban J connectivity index is 0.00000253. The number of benzene rings is 2. The fourth-order valence-electron chi connectivity index (χ4n) is 4.40. The zero-order valence-corrected chi connectivity index (χ0v) is 21.9. The summed E-state index contributed by atoms with van der Waals surface area (Å²) in [6.07, 6.45) is 0. The van der Waals surface area contributed by atoms with Crippen molar-refractivity contribution in [3.63, 3.8) is 0 Å². The van der Waals surface area contributed by atoms with Crippen LogP contribution >= 0.6 is 39.9 Å². The molecule has 0 saturated carbocycles. The van der Waals surface area contributed by atoms with Gasteiger partial charge in [0.15, 0.2) is 5.82 Å². The van der Waals surface area contributed by atoms with Crippen molar-refractivity contribution in [1.82, 2.24) is 30.2 Å².